The van der Waals surface area contributed by atoms with Crippen LogP contribution in [0.3, 0.4) is 0 Å². The smallest absolute Gasteiger partial charge is 0.306 e. The molecule has 0 aliphatic heterocycles. The molecule has 0 unspecified atom stereocenters. The van der Waals surface area contributed by atoms with Gasteiger partial charge >= 0.3 is 5.97 Å². The van der Waals surface area contributed by atoms with Gasteiger partial charge in [0.15, 0.2) is 11.7 Å². The average Bonchev–Trinajstić information content (AvgIpc) is 2.97. The fourth-order valence-electron chi connectivity index (χ4n) is 4.35. The van der Waals surface area contributed by atoms with Gasteiger partial charge in [-0.1, -0.05) is 10.3 Å². The molecule has 1 amide bonds. The van der Waals surface area contributed by atoms with Gasteiger partial charge in [-0.15, -0.1) is 0 Å². The van der Waals surface area contributed by atoms with Crippen LogP contribution >= 0.6 is 0 Å². The van der Waals surface area contributed by atoms with Crippen LogP contribution in [0.15, 0.2) is 77.0 Å². The Kier molecular flexibility index (Phi) is 8.69. The number of carboxylic acid groups (broad SMARTS) is 1. The van der Waals surface area contributed by atoms with E-state index in [9.17, 15) is 14.7 Å². The summed E-state index contributed by atoms with van der Waals surface area (Å²) in [5.74, 6) is -0.118. The van der Waals surface area contributed by atoms with Gasteiger partial charge in [0.05, 0.1) is 5.92 Å². The number of carboxylic acids is 1. The molecule has 1 fully saturated rings. The lowest BCUT2D eigenvalue weighted by Gasteiger charge is -2.27. The molecular weight excluding hydrogens is 518 g/mol. The number of amidine groups is 2. The summed E-state index contributed by atoms with van der Waals surface area (Å²) in [6.45, 7) is 0. The van der Waals surface area contributed by atoms with Gasteiger partial charge in [-0.25, -0.2) is 0 Å². The van der Waals surface area contributed by atoms with Gasteiger partial charge in [-0.05, 0) is 86.3 Å². The number of benzene rings is 3. The molecule has 1 aliphatic carbocycles. The Hall–Kier alpha value is -5.26. The molecule has 208 valence electrons. The molecule has 4 rings (SSSR count). The van der Waals surface area contributed by atoms with E-state index >= 15 is 0 Å². The number of oxime groups is 2. The summed E-state index contributed by atoms with van der Waals surface area (Å²) in [6.07, 6.45) is 2.14. The molecule has 0 bridgehead atoms. The normalized spacial score (nSPS) is 17.6. The molecule has 12 nitrogen and oxygen atoms in total. The van der Waals surface area contributed by atoms with Gasteiger partial charge in [0.25, 0.3) is 5.91 Å². The van der Waals surface area contributed by atoms with Crippen LogP contribution < -0.4 is 26.3 Å². The van der Waals surface area contributed by atoms with Crippen molar-refractivity contribution in [2.75, 3.05) is 0 Å². The van der Waals surface area contributed by atoms with E-state index in [1.54, 1.807) is 66.7 Å². The predicted molar refractivity (Wildman–Crippen MR) is 145 cm³/mol. The number of hydrogen-bond acceptors (Lipinski definition) is 8. The third-order valence-electron chi connectivity index (χ3n) is 6.54. The number of carbonyl (C=O) groups is 2. The van der Waals surface area contributed by atoms with Crippen molar-refractivity contribution in [2.45, 2.75) is 31.7 Å². The van der Waals surface area contributed by atoms with E-state index in [0.717, 1.165) is 0 Å². The minimum Gasteiger partial charge on any atom is -0.481 e. The van der Waals surface area contributed by atoms with Gasteiger partial charge in [-0.3, -0.25) is 9.59 Å². The van der Waals surface area contributed by atoms with Crippen molar-refractivity contribution >= 4 is 23.5 Å². The van der Waals surface area contributed by atoms with Crippen LogP contribution in [-0.4, -0.2) is 45.1 Å². The zero-order chi connectivity index (χ0) is 28.6. The molecule has 0 spiro atoms. The first kappa shape index (κ1) is 27.8. The number of nitrogens with two attached hydrogens (primary N) is 2. The van der Waals surface area contributed by atoms with E-state index < -0.39 is 5.97 Å². The van der Waals surface area contributed by atoms with Crippen molar-refractivity contribution in [2.24, 2.45) is 27.7 Å². The second kappa shape index (κ2) is 12.5. The zero-order valence-corrected chi connectivity index (χ0v) is 21.4. The van der Waals surface area contributed by atoms with Crippen molar-refractivity contribution < 1.29 is 34.6 Å². The first-order chi connectivity index (χ1) is 19.2. The quantitative estimate of drug-likeness (QED) is 0.0995. The van der Waals surface area contributed by atoms with E-state index in [1.165, 1.54) is 0 Å². The predicted octanol–water partition coefficient (Wildman–Crippen LogP) is 3.83. The van der Waals surface area contributed by atoms with Crippen LogP contribution in [0.4, 0.5) is 0 Å². The Bertz CT molecular complexity index is 1330. The minimum absolute atomic E-state index is 0.0451. The fourth-order valence-corrected chi connectivity index (χ4v) is 4.35. The molecule has 3 aromatic carbocycles. The zero-order valence-electron chi connectivity index (χ0n) is 21.4. The van der Waals surface area contributed by atoms with Crippen molar-refractivity contribution in [1.29, 1.82) is 0 Å². The SMILES string of the molecule is N/C(=N\O)c1ccc(Oc2cc(Oc3ccc(/C(N)=N/O)cc3)cc(C(=O)NC3CCC(C(=O)O)CC3)c2)cc1. The fraction of sp³-hybridized carbons (Fsp3) is 0.214. The van der Waals surface area contributed by atoms with Crippen LogP contribution in [-0.2, 0) is 4.79 Å². The van der Waals surface area contributed by atoms with Crippen molar-refractivity contribution in [3.05, 3.63) is 83.4 Å². The number of aliphatic carboxylic acids is 1. The molecule has 1 saturated carbocycles. The second-order valence-electron chi connectivity index (χ2n) is 9.28. The Morgan fingerprint density at radius 1 is 0.700 bits per heavy atom. The number of hydrogen-bond donors (Lipinski definition) is 6. The van der Waals surface area contributed by atoms with Gasteiger partial charge in [-0.2, -0.15) is 0 Å². The lowest BCUT2D eigenvalue weighted by molar-refractivity contribution is -0.142. The number of ether oxygens (including phenoxy) is 2. The number of nitrogens with zero attached hydrogens (tertiary/aromatic N) is 2. The number of nitrogens with one attached hydrogen (secondary N) is 1. The molecule has 0 atom stereocenters. The van der Waals surface area contributed by atoms with Crippen LogP contribution in [0.5, 0.6) is 23.0 Å². The molecule has 0 aromatic heterocycles. The van der Waals surface area contributed by atoms with E-state index in [0.29, 0.717) is 59.8 Å². The maximum Gasteiger partial charge on any atom is 0.306 e. The van der Waals surface area contributed by atoms with Gasteiger partial charge in [0.1, 0.15) is 23.0 Å². The van der Waals surface area contributed by atoms with Crippen molar-refractivity contribution in [1.82, 2.24) is 5.32 Å². The average molecular weight is 548 g/mol. The van der Waals surface area contributed by atoms with Gasteiger partial charge in [0.2, 0.25) is 0 Å². The Labute approximate surface area is 229 Å². The molecule has 40 heavy (non-hydrogen) atoms. The molecule has 0 saturated heterocycles. The Morgan fingerprint density at radius 2 is 1.15 bits per heavy atom. The summed E-state index contributed by atoms with van der Waals surface area (Å²) < 4.78 is 12.0. The Balaban J connectivity index is 1.56. The summed E-state index contributed by atoms with van der Waals surface area (Å²) in [7, 11) is 0. The second-order valence-corrected chi connectivity index (χ2v) is 9.28. The number of carbonyl (C=O) groups excluding carboxylic acids is 1. The highest BCUT2D eigenvalue weighted by molar-refractivity contribution is 5.97. The molecule has 3 aromatic rings. The van der Waals surface area contributed by atoms with Crippen molar-refractivity contribution in [3.8, 4) is 23.0 Å². The highest BCUT2D eigenvalue weighted by Gasteiger charge is 2.27. The maximum atomic E-state index is 13.2. The molecular formula is C28H29N5O7. The summed E-state index contributed by atoms with van der Waals surface area (Å²) in [4.78, 5) is 24.5. The summed E-state index contributed by atoms with van der Waals surface area (Å²) in [6, 6.07) is 17.6. The molecule has 8 N–H and O–H groups in total. The maximum absolute atomic E-state index is 13.2. The molecule has 1 aliphatic rings. The summed E-state index contributed by atoms with van der Waals surface area (Å²) in [5, 5.41) is 35.9. The Morgan fingerprint density at radius 3 is 1.55 bits per heavy atom. The van der Waals surface area contributed by atoms with Crippen LogP contribution in [0.25, 0.3) is 0 Å². The standard InChI is InChI=1S/C28H29N5O7/c29-25(32-37)16-3-9-21(10-4-16)39-23-13-19(27(34)31-20-7-1-18(2-8-20)28(35)36)14-24(15-23)40-22-11-5-17(6-12-22)26(30)33-38/h3-6,9-15,18,20,37-38H,1-2,7-8H2,(H2,29,32)(H2,30,33)(H,31,34)(H,35,36). The van der Waals surface area contributed by atoms with E-state index in [-0.39, 0.29) is 35.1 Å². The van der Waals surface area contributed by atoms with E-state index in [2.05, 4.69) is 15.6 Å². The van der Waals surface area contributed by atoms with Crippen LogP contribution in [0.2, 0.25) is 0 Å². The number of rotatable bonds is 9. The monoisotopic (exact) mass is 547 g/mol. The highest BCUT2D eigenvalue weighted by atomic mass is 16.5. The largest absolute Gasteiger partial charge is 0.481 e. The highest BCUT2D eigenvalue weighted by Crippen LogP contribution is 2.31. The van der Waals surface area contributed by atoms with E-state index in [1.807, 2.05) is 0 Å². The molecule has 12 heteroatoms. The minimum atomic E-state index is -0.810. The first-order valence-corrected chi connectivity index (χ1v) is 12.5. The topological polar surface area (TPSA) is 202 Å². The third-order valence-corrected chi connectivity index (χ3v) is 6.54. The van der Waals surface area contributed by atoms with Gasteiger partial charge in [0, 0.05) is 28.8 Å². The number of amides is 1. The van der Waals surface area contributed by atoms with Crippen molar-refractivity contribution in [3.63, 3.8) is 0 Å². The lowest BCUT2D eigenvalue weighted by Crippen LogP contribution is -2.38. The molecule has 0 heterocycles. The molecule has 0 radical (unpaired) electrons. The summed E-state index contributed by atoms with van der Waals surface area (Å²) >= 11 is 0. The van der Waals surface area contributed by atoms with Gasteiger partial charge < -0.3 is 41.8 Å². The van der Waals surface area contributed by atoms with Crippen LogP contribution in [0.1, 0.15) is 47.2 Å². The first-order valence-electron chi connectivity index (χ1n) is 12.5. The lowest BCUT2D eigenvalue weighted by atomic mass is 9.86. The summed E-state index contributed by atoms with van der Waals surface area (Å²) in [5.41, 5.74) is 12.5. The third kappa shape index (κ3) is 6.98. The van der Waals surface area contributed by atoms with E-state index in [4.69, 9.17) is 31.4 Å². The van der Waals surface area contributed by atoms with Crippen LogP contribution in [0, 0.1) is 5.92 Å².